The standard InChI is InChI=1S/C13H22N2Si2/c1-16(2,3)15(17(4,5)6)13-10-8-7-9-12(13)11-14/h7-10H,1-6H3. The van der Waals surface area contributed by atoms with Gasteiger partial charge in [0.2, 0.25) is 0 Å². The van der Waals surface area contributed by atoms with Crippen LogP contribution in [-0.4, -0.2) is 16.5 Å². The lowest BCUT2D eigenvalue weighted by molar-refractivity contribution is 1.33. The Morgan fingerprint density at radius 3 is 1.82 bits per heavy atom. The summed E-state index contributed by atoms with van der Waals surface area (Å²) >= 11 is 0. The van der Waals surface area contributed by atoms with Crippen molar-refractivity contribution in [2.75, 3.05) is 4.23 Å². The van der Waals surface area contributed by atoms with E-state index in [1.54, 1.807) is 0 Å². The third-order valence-corrected chi connectivity index (χ3v) is 9.80. The first-order valence-corrected chi connectivity index (χ1v) is 12.9. The third-order valence-electron chi connectivity index (χ3n) is 2.61. The number of nitrogens with zero attached hydrogens (tertiary/aromatic N) is 2. The Labute approximate surface area is 107 Å². The van der Waals surface area contributed by atoms with Crippen LogP contribution in [0.1, 0.15) is 5.56 Å². The molecule has 1 aromatic carbocycles. The van der Waals surface area contributed by atoms with Gasteiger partial charge in [-0.3, -0.25) is 0 Å². The number of para-hydroxylation sites is 1. The van der Waals surface area contributed by atoms with E-state index in [2.05, 4.69) is 55.6 Å². The fraction of sp³-hybridized carbons (Fsp3) is 0.462. The van der Waals surface area contributed by atoms with Crippen LogP contribution in [0.3, 0.4) is 0 Å². The number of hydrogen-bond donors (Lipinski definition) is 0. The van der Waals surface area contributed by atoms with E-state index < -0.39 is 16.5 Å². The Morgan fingerprint density at radius 1 is 0.941 bits per heavy atom. The molecule has 0 aliphatic heterocycles. The van der Waals surface area contributed by atoms with E-state index in [0.29, 0.717) is 0 Å². The van der Waals surface area contributed by atoms with Crippen molar-refractivity contribution in [1.29, 1.82) is 5.26 Å². The van der Waals surface area contributed by atoms with E-state index >= 15 is 0 Å². The van der Waals surface area contributed by atoms with Crippen LogP contribution < -0.4 is 4.23 Å². The predicted molar refractivity (Wildman–Crippen MR) is 80.3 cm³/mol. The van der Waals surface area contributed by atoms with Crippen LogP contribution in [0.5, 0.6) is 0 Å². The minimum absolute atomic E-state index is 0.803. The molecular formula is C13H22N2Si2. The molecule has 0 amide bonds. The summed E-state index contributed by atoms with van der Waals surface area (Å²) in [6.45, 7) is 14.1. The van der Waals surface area contributed by atoms with Crippen molar-refractivity contribution < 1.29 is 0 Å². The lowest BCUT2D eigenvalue weighted by atomic mass is 10.2. The second kappa shape index (κ2) is 4.67. The molecule has 0 unspecified atom stereocenters. The first-order chi connectivity index (χ1) is 7.68. The minimum Gasteiger partial charge on any atom is -0.423 e. The van der Waals surface area contributed by atoms with Gasteiger partial charge < -0.3 is 4.23 Å². The molecule has 0 spiro atoms. The van der Waals surface area contributed by atoms with Gasteiger partial charge in [-0.1, -0.05) is 51.4 Å². The second-order valence-electron chi connectivity index (χ2n) is 6.31. The molecule has 0 bridgehead atoms. The zero-order valence-corrected chi connectivity index (χ0v) is 13.7. The molecule has 2 nitrogen and oxygen atoms in total. The van der Waals surface area contributed by atoms with Crippen LogP contribution in [-0.2, 0) is 0 Å². The van der Waals surface area contributed by atoms with Gasteiger partial charge in [-0.15, -0.1) is 0 Å². The molecule has 0 fully saturated rings. The fourth-order valence-electron chi connectivity index (χ4n) is 2.49. The predicted octanol–water partition coefficient (Wildman–Crippen LogP) is 4.03. The molecule has 92 valence electrons. The summed E-state index contributed by atoms with van der Waals surface area (Å²) < 4.78 is 2.58. The molecule has 4 heteroatoms. The first-order valence-electron chi connectivity index (χ1n) is 5.97. The van der Waals surface area contributed by atoms with E-state index in [9.17, 15) is 5.26 Å². The van der Waals surface area contributed by atoms with Gasteiger partial charge in [0, 0.05) is 5.69 Å². The summed E-state index contributed by atoms with van der Waals surface area (Å²) in [5.74, 6) is 0. The fourth-order valence-corrected chi connectivity index (χ4v) is 12.4. The normalized spacial score (nSPS) is 12.1. The van der Waals surface area contributed by atoms with Gasteiger partial charge in [-0.2, -0.15) is 5.26 Å². The maximum Gasteiger partial charge on any atom is 0.138 e. The summed E-state index contributed by atoms with van der Waals surface area (Å²) in [6.07, 6.45) is 0. The number of nitriles is 1. The molecule has 0 atom stereocenters. The van der Waals surface area contributed by atoms with Crippen molar-refractivity contribution in [1.82, 2.24) is 0 Å². The Bertz CT molecular complexity index is 422. The van der Waals surface area contributed by atoms with Crippen LogP contribution >= 0.6 is 0 Å². The van der Waals surface area contributed by atoms with Crippen molar-refractivity contribution in [2.45, 2.75) is 39.3 Å². The van der Waals surface area contributed by atoms with Crippen molar-refractivity contribution in [3.8, 4) is 6.07 Å². The quantitative estimate of drug-likeness (QED) is 0.769. The monoisotopic (exact) mass is 262 g/mol. The van der Waals surface area contributed by atoms with Gasteiger partial charge in [0.1, 0.15) is 22.5 Å². The zero-order valence-electron chi connectivity index (χ0n) is 11.7. The Morgan fingerprint density at radius 2 is 1.41 bits per heavy atom. The van der Waals surface area contributed by atoms with Gasteiger partial charge in [0.25, 0.3) is 0 Å². The Hall–Kier alpha value is -1.06. The van der Waals surface area contributed by atoms with E-state index in [4.69, 9.17) is 0 Å². The van der Waals surface area contributed by atoms with Crippen LogP contribution in [0.2, 0.25) is 39.3 Å². The van der Waals surface area contributed by atoms with Crippen LogP contribution in [0.25, 0.3) is 0 Å². The summed E-state index contributed by atoms with van der Waals surface area (Å²) in [6, 6.07) is 10.3. The molecule has 0 N–H and O–H groups in total. The van der Waals surface area contributed by atoms with Crippen LogP contribution in [0, 0.1) is 11.3 Å². The number of anilines is 1. The van der Waals surface area contributed by atoms with E-state index in [-0.39, 0.29) is 0 Å². The maximum atomic E-state index is 9.25. The molecule has 1 aromatic rings. The SMILES string of the molecule is C[Si](C)(C)N(c1ccccc1C#N)[Si](C)(C)C. The number of benzene rings is 1. The van der Waals surface area contributed by atoms with Gasteiger partial charge in [-0.25, -0.2) is 0 Å². The molecule has 0 radical (unpaired) electrons. The van der Waals surface area contributed by atoms with E-state index in [0.717, 1.165) is 11.3 Å². The lowest BCUT2D eigenvalue weighted by Gasteiger charge is -2.46. The van der Waals surface area contributed by atoms with Crippen molar-refractivity contribution in [2.24, 2.45) is 0 Å². The summed E-state index contributed by atoms with van der Waals surface area (Å²) in [4.78, 5) is 0. The first kappa shape index (κ1) is 14.0. The van der Waals surface area contributed by atoms with Gasteiger partial charge in [-0.05, 0) is 12.1 Å². The molecule has 17 heavy (non-hydrogen) atoms. The molecule has 0 saturated heterocycles. The number of hydrogen-bond acceptors (Lipinski definition) is 2. The molecule has 0 aliphatic carbocycles. The highest BCUT2D eigenvalue weighted by molar-refractivity contribution is 6.99. The maximum absolute atomic E-state index is 9.25. The Balaban J connectivity index is 3.40. The highest BCUT2D eigenvalue weighted by atomic mass is 28.4. The van der Waals surface area contributed by atoms with Gasteiger partial charge >= 0.3 is 0 Å². The van der Waals surface area contributed by atoms with Crippen molar-refractivity contribution >= 4 is 22.2 Å². The van der Waals surface area contributed by atoms with Crippen molar-refractivity contribution in [3.05, 3.63) is 29.8 Å². The highest BCUT2D eigenvalue weighted by Gasteiger charge is 2.35. The average molecular weight is 263 g/mol. The second-order valence-corrected chi connectivity index (χ2v) is 16.3. The number of rotatable bonds is 3. The minimum atomic E-state index is -1.47. The van der Waals surface area contributed by atoms with Crippen molar-refractivity contribution in [3.63, 3.8) is 0 Å². The van der Waals surface area contributed by atoms with Gasteiger partial charge in [0.15, 0.2) is 0 Å². The largest absolute Gasteiger partial charge is 0.423 e. The molecule has 0 saturated carbocycles. The molecule has 0 heterocycles. The van der Waals surface area contributed by atoms with E-state index in [1.807, 2.05) is 18.2 Å². The average Bonchev–Trinajstić information content (AvgIpc) is 2.14. The van der Waals surface area contributed by atoms with Crippen LogP contribution in [0.15, 0.2) is 24.3 Å². The lowest BCUT2D eigenvalue weighted by Crippen LogP contribution is -2.59. The molecule has 0 aromatic heterocycles. The molecule has 0 aliphatic rings. The Kier molecular flexibility index (Phi) is 3.85. The summed E-state index contributed by atoms with van der Waals surface area (Å²) in [5, 5.41) is 9.25. The smallest absolute Gasteiger partial charge is 0.138 e. The molecular weight excluding hydrogens is 240 g/mol. The van der Waals surface area contributed by atoms with Gasteiger partial charge in [0.05, 0.1) is 5.56 Å². The topological polar surface area (TPSA) is 27.0 Å². The summed E-state index contributed by atoms with van der Waals surface area (Å²) in [7, 11) is -2.93. The third kappa shape index (κ3) is 3.21. The summed E-state index contributed by atoms with van der Waals surface area (Å²) in [5.41, 5.74) is 1.94. The molecule has 1 rings (SSSR count). The van der Waals surface area contributed by atoms with E-state index in [1.165, 1.54) is 0 Å². The zero-order chi connectivity index (χ0) is 13.3. The highest BCUT2D eigenvalue weighted by Crippen LogP contribution is 2.30. The van der Waals surface area contributed by atoms with Crippen LogP contribution in [0.4, 0.5) is 5.69 Å².